The lowest BCUT2D eigenvalue weighted by Crippen LogP contribution is -2.35. The highest BCUT2D eigenvalue weighted by atomic mass is 35.5. The second-order valence-corrected chi connectivity index (χ2v) is 9.05. The SMILES string of the molecule is CC(C)(C)c1ccc(CN(Cc2ccco2)CC(O)COc2ccc(Cl)cc2)cc1. The van der Waals surface area contributed by atoms with Gasteiger partial charge in [0, 0.05) is 18.1 Å². The highest BCUT2D eigenvalue weighted by molar-refractivity contribution is 6.30. The Hall–Kier alpha value is -2.27. The van der Waals surface area contributed by atoms with Gasteiger partial charge >= 0.3 is 0 Å². The number of rotatable bonds is 9. The van der Waals surface area contributed by atoms with Crippen LogP contribution in [0.25, 0.3) is 0 Å². The molecule has 1 heterocycles. The van der Waals surface area contributed by atoms with Crippen LogP contribution in [0.1, 0.15) is 37.7 Å². The van der Waals surface area contributed by atoms with E-state index < -0.39 is 6.10 Å². The van der Waals surface area contributed by atoms with Crippen molar-refractivity contribution in [3.05, 3.63) is 88.8 Å². The molecule has 0 aliphatic carbocycles. The lowest BCUT2D eigenvalue weighted by atomic mass is 9.87. The van der Waals surface area contributed by atoms with E-state index in [0.29, 0.717) is 30.4 Å². The maximum absolute atomic E-state index is 10.6. The molecule has 3 rings (SSSR count). The molecular weight excluding hydrogens is 398 g/mol. The standard InChI is InChI=1S/C25H30ClNO3/c1-25(2,3)20-8-6-19(7-9-20)15-27(17-24-5-4-14-29-24)16-22(28)18-30-23-12-10-21(26)11-13-23/h4-14,22,28H,15-18H2,1-3H3. The zero-order valence-corrected chi connectivity index (χ0v) is 18.6. The highest BCUT2D eigenvalue weighted by Crippen LogP contribution is 2.23. The summed E-state index contributed by atoms with van der Waals surface area (Å²) in [5.74, 6) is 1.56. The van der Waals surface area contributed by atoms with Gasteiger partial charge in [0.1, 0.15) is 24.2 Å². The zero-order valence-electron chi connectivity index (χ0n) is 17.8. The molecule has 160 valence electrons. The third-order valence-corrected chi connectivity index (χ3v) is 5.16. The second-order valence-electron chi connectivity index (χ2n) is 8.61. The van der Waals surface area contributed by atoms with Crippen LogP contribution in [0.5, 0.6) is 5.75 Å². The summed E-state index contributed by atoms with van der Waals surface area (Å²) in [6.07, 6.45) is 1.04. The molecule has 0 spiro atoms. The van der Waals surface area contributed by atoms with E-state index in [1.54, 1.807) is 30.5 Å². The zero-order chi connectivity index (χ0) is 21.6. The molecule has 0 bridgehead atoms. The fourth-order valence-corrected chi connectivity index (χ4v) is 3.38. The van der Waals surface area contributed by atoms with E-state index in [0.717, 1.165) is 5.76 Å². The van der Waals surface area contributed by atoms with Crippen molar-refractivity contribution in [3.63, 3.8) is 0 Å². The van der Waals surface area contributed by atoms with Crippen molar-refractivity contribution < 1.29 is 14.3 Å². The molecule has 1 aromatic heterocycles. The van der Waals surface area contributed by atoms with Crippen molar-refractivity contribution >= 4 is 11.6 Å². The Morgan fingerprint density at radius 3 is 2.30 bits per heavy atom. The first-order chi connectivity index (χ1) is 14.3. The Balaban J connectivity index is 1.62. The topological polar surface area (TPSA) is 45.8 Å². The average Bonchev–Trinajstić information content (AvgIpc) is 3.20. The third-order valence-electron chi connectivity index (χ3n) is 4.91. The summed E-state index contributed by atoms with van der Waals surface area (Å²) in [4.78, 5) is 2.17. The van der Waals surface area contributed by atoms with Crippen LogP contribution in [0.15, 0.2) is 71.3 Å². The fraction of sp³-hybridized carbons (Fsp3) is 0.360. The summed E-state index contributed by atoms with van der Waals surface area (Å²) >= 11 is 5.90. The van der Waals surface area contributed by atoms with Gasteiger partial charge in [-0.15, -0.1) is 0 Å². The predicted molar refractivity (Wildman–Crippen MR) is 121 cm³/mol. The molecule has 0 saturated carbocycles. The largest absolute Gasteiger partial charge is 0.491 e. The minimum absolute atomic E-state index is 0.127. The van der Waals surface area contributed by atoms with Crippen LogP contribution in [0, 0.1) is 0 Å². The Bertz CT molecular complexity index is 884. The highest BCUT2D eigenvalue weighted by Gasteiger charge is 2.17. The van der Waals surface area contributed by atoms with Gasteiger partial charge < -0.3 is 14.3 Å². The first kappa shape index (κ1) is 22.4. The Labute approximate surface area is 184 Å². The van der Waals surface area contributed by atoms with Gasteiger partial charge in [-0.25, -0.2) is 0 Å². The van der Waals surface area contributed by atoms with Gasteiger partial charge in [-0.2, -0.15) is 0 Å². The summed E-state index contributed by atoms with van der Waals surface area (Å²) in [6.45, 7) is 8.64. The van der Waals surface area contributed by atoms with E-state index in [2.05, 4.69) is 49.9 Å². The number of aliphatic hydroxyl groups excluding tert-OH is 1. The van der Waals surface area contributed by atoms with Crippen LogP contribution in [0.3, 0.4) is 0 Å². The molecule has 1 atom stereocenters. The maximum atomic E-state index is 10.6. The number of benzene rings is 2. The van der Waals surface area contributed by atoms with Gasteiger partial charge in [0.15, 0.2) is 0 Å². The molecule has 0 aliphatic heterocycles. The fourth-order valence-electron chi connectivity index (χ4n) is 3.25. The molecule has 4 nitrogen and oxygen atoms in total. The van der Waals surface area contributed by atoms with Gasteiger partial charge in [0.25, 0.3) is 0 Å². The normalized spacial score (nSPS) is 12.9. The van der Waals surface area contributed by atoms with Crippen LogP contribution in [-0.4, -0.2) is 29.3 Å². The molecule has 0 amide bonds. The summed E-state index contributed by atoms with van der Waals surface area (Å²) in [5.41, 5.74) is 2.63. The van der Waals surface area contributed by atoms with Gasteiger partial charge in [-0.3, -0.25) is 4.90 Å². The monoisotopic (exact) mass is 427 g/mol. The van der Waals surface area contributed by atoms with Gasteiger partial charge in [-0.1, -0.05) is 56.6 Å². The molecule has 1 unspecified atom stereocenters. The Kier molecular flexibility index (Phi) is 7.59. The maximum Gasteiger partial charge on any atom is 0.119 e. The van der Waals surface area contributed by atoms with Crippen molar-refractivity contribution in [1.82, 2.24) is 4.90 Å². The molecule has 0 fully saturated rings. The Morgan fingerprint density at radius 2 is 1.70 bits per heavy atom. The molecule has 0 saturated heterocycles. The van der Waals surface area contributed by atoms with Crippen molar-refractivity contribution in [1.29, 1.82) is 0 Å². The van der Waals surface area contributed by atoms with Gasteiger partial charge in [0.05, 0.1) is 12.8 Å². The third kappa shape index (κ3) is 6.91. The van der Waals surface area contributed by atoms with E-state index in [4.69, 9.17) is 20.8 Å². The van der Waals surface area contributed by atoms with E-state index in [1.165, 1.54) is 11.1 Å². The molecule has 0 radical (unpaired) electrons. The van der Waals surface area contributed by atoms with Crippen LogP contribution < -0.4 is 4.74 Å². The Morgan fingerprint density at radius 1 is 1.00 bits per heavy atom. The molecule has 30 heavy (non-hydrogen) atoms. The summed E-state index contributed by atoms with van der Waals surface area (Å²) in [5, 5.41) is 11.2. The lowest BCUT2D eigenvalue weighted by Gasteiger charge is -2.25. The molecule has 3 aromatic rings. The number of hydrogen-bond donors (Lipinski definition) is 1. The minimum Gasteiger partial charge on any atom is -0.491 e. The molecular formula is C25H30ClNO3. The van der Waals surface area contributed by atoms with Crippen LogP contribution in [0.4, 0.5) is 0 Å². The lowest BCUT2D eigenvalue weighted by molar-refractivity contribution is 0.0604. The molecule has 1 N–H and O–H groups in total. The quantitative estimate of drug-likeness (QED) is 0.477. The van der Waals surface area contributed by atoms with Gasteiger partial charge in [-0.05, 0) is 52.9 Å². The van der Waals surface area contributed by atoms with Crippen molar-refractivity contribution in [3.8, 4) is 5.75 Å². The average molecular weight is 428 g/mol. The van der Waals surface area contributed by atoms with Crippen molar-refractivity contribution in [2.45, 2.75) is 45.4 Å². The molecule has 2 aromatic carbocycles. The van der Waals surface area contributed by atoms with E-state index >= 15 is 0 Å². The van der Waals surface area contributed by atoms with Crippen LogP contribution in [0.2, 0.25) is 5.02 Å². The van der Waals surface area contributed by atoms with E-state index in [9.17, 15) is 5.11 Å². The van der Waals surface area contributed by atoms with E-state index in [1.807, 2.05) is 12.1 Å². The summed E-state index contributed by atoms with van der Waals surface area (Å²) in [7, 11) is 0. The minimum atomic E-state index is -0.635. The smallest absolute Gasteiger partial charge is 0.119 e. The predicted octanol–water partition coefficient (Wildman–Crippen LogP) is 5.67. The first-order valence-electron chi connectivity index (χ1n) is 10.2. The number of hydrogen-bond acceptors (Lipinski definition) is 4. The first-order valence-corrected chi connectivity index (χ1v) is 10.6. The van der Waals surface area contributed by atoms with Crippen LogP contribution in [-0.2, 0) is 18.5 Å². The summed E-state index contributed by atoms with van der Waals surface area (Å²) in [6, 6.07) is 19.7. The van der Waals surface area contributed by atoms with Crippen molar-refractivity contribution in [2.24, 2.45) is 0 Å². The molecule has 5 heteroatoms. The summed E-state index contributed by atoms with van der Waals surface area (Å²) < 4.78 is 11.2. The van der Waals surface area contributed by atoms with E-state index in [-0.39, 0.29) is 12.0 Å². The number of aliphatic hydroxyl groups is 1. The van der Waals surface area contributed by atoms with Gasteiger partial charge in [0.2, 0.25) is 0 Å². The van der Waals surface area contributed by atoms with Crippen molar-refractivity contribution in [2.75, 3.05) is 13.2 Å². The number of furan rings is 1. The molecule has 0 aliphatic rings. The van der Waals surface area contributed by atoms with Crippen LogP contribution >= 0.6 is 11.6 Å². The number of nitrogens with zero attached hydrogens (tertiary/aromatic N) is 1. The number of halogens is 1. The second kappa shape index (κ2) is 10.2. The number of ether oxygens (including phenoxy) is 1.